The lowest BCUT2D eigenvalue weighted by molar-refractivity contribution is 0.0134. The molecule has 3 heteroatoms. The average Bonchev–Trinajstić information content (AvgIpc) is 2.46. The standard InChI is InChI=1S/C16H24O3/c1-5-12(2)16(17)13(3)10-19-11-14-6-8-15(18-4)9-7-14/h5-9,12-13,16-17H,1,10-11H2,2-4H3/t12-,13-,16-/m0/s1. The average molecular weight is 264 g/mol. The van der Waals surface area contributed by atoms with E-state index < -0.39 is 6.10 Å². The van der Waals surface area contributed by atoms with Crippen LogP contribution in [0.25, 0.3) is 0 Å². The molecule has 1 aromatic carbocycles. The van der Waals surface area contributed by atoms with Gasteiger partial charge in [0.1, 0.15) is 5.75 Å². The Hall–Kier alpha value is -1.32. The summed E-state index contributed by atoms with van der Waals surface area (Å²) < 4.78 is 10.7. The van der Waals surface area contributed by atoms with Crippen molar-refractivity contribution >= 4 is 0 Å². The summed E-state index contributed by atoms with van der Waals surface area (Å²) in [6.07, 6.45) is 1.36. The molecule has 0 aromatic heterocycles. The van der Waals surface area contributed by atoms with Crippen LogP contribution in [0.4, 0.5) is 0 Å². The second-order valence-electron chi connectivity index (χ2n) is 4.93. The summed E-state index contributed by atoms with van der Waals surface area (Å²) in [5.74, 6) is 1.01. The smallest absolute Gasteiger partial charge is 0.118 e. The van der Waals surface area contributed by atoms with Crippen LogP contribution >= 0.6 is 0 Å². The molecule has 0 aliphatic rings. The van der Waals surface area contributed by atoms with E-state index in [0.717, 1.165) is 11.3 Å². The van der Waals surface area contributed by atoms with Gasteiger partial charge in [0.15, 0.2) is 0 Å². The predicted octanol–water partition coefficient (Wildman–Crippen LogP) is 3.03. The maximum atomic E-state index is 9.98. The molecule has 0 radical (unpaired) electrons. The largest absolute Gasteiger partial charge is 0.497 e. The van der Waals surface area contributed by atoms with Crippen molar-refractivity contribution in [3.63, 3.8) is 0 Å². The van der Waals surface area contributed by atoms with Crippen molar-refractivity contribution in [2.24, 2.45) is 11.8 Å². The van der Waals surface area contributed by atoms with Crippen molar-refractivity contribution in [3.8, 4) is 5.75 Å². The summed E-state index contributed by atoms with van der Waals surface area (Å²) in [4.78, 5) is 0. The van der Waals surface area contributed by atoms with Crippen LogP contribution in [0.5, 0.6) is 5.75 Å². The van der Waals surface area contributed by atoms with Gasteiger partial charge in [-0.3, -0.25) is 0 Å². The lowest BCUT2D eigenvalue weighted by Gasteiger charge is -2.22. The van der Waals surface area contributed by atoms with Gasteiger partial charge in [0, 0.05) is 11.8 Å². The second-order valence-corrected chi connectivity index (χ2v) is 4.93. The van der Waals surface area contributed by atoms with Crippen LogP contribution in [-0.4, -0.2) is 24.9 Å². The number of methoxy groups -OCH3 is 1. The zero-order valence-electron chi connectivity index (χ0n) is 12.0. The second kappa shape index (κ2) is 7.97. The first-order valence-electron chi connectivity index (χ1n) is 6.59. The van der Waals surface area contributed by atoms with E-state index in [1.165, 1.54) is 0 Å². The summed E-state index contributed by atoms with van der Waals surface area (Å²) in [6.45, 7) is 8.71. The van der Waals surface area contributed by atoms with Crippen molar-refractivity contribution in [2.75, 3.05) is 13.7 Å². The van der Waals surface area contributed by atoms with Crippen molar-refractivity contribution in [1.29, 1.82) is 0 Å². The Bertz CT molecular complexity index is 372. The highest BCUT2D eigenvalue weighted by Gasteiger charge is 2.18. The van der Waals surface area contributed by atoms with Crippen LogP contribution < -0.4 is 4.74 Å². The third-order valence-electron chi connectivity index (χ3n) is 3.30. The molecule has 19 heavy (non-hydrogen) atoms. The zero-order chi connectivity index (χ0) is 14.3. The maximum absolute atomic E-state index is 9.98. The molecule has 0 aliphatic heterocycles. The van der Waals surface area contributed by atoms with Crippen LogP contribution in [-0.2, 0) is 11.3 Å². The van der Waals surface area contributed by atoms with Gasteiger partial charge in [0.05, 0.1) is 26.4 Å². The number of aliphatic hydroxyl groups is 1. The van der Waals surface area contributed by atoms with Gasteiger partial charge in [-0.05, 0) is 17.7 Å². The summed E-state index contributed by atoms with van der Waals surface area (Å²) in [7, 11) is 1.65. The summed E-state index contributed by atoms with van der Waals surface area (Å²) in [5, 5.41) is 9.98. The lowest BCUT2D eigenvalue weighted by Crippen LogP contribution is -2.27. The van der Waals surface area contributed by atoms with E-state index >= 15 is 0 Å². The minimum Gasteiger partial charge on any atom is -0.497 e. The summed E-state index contributed by atoms with van der Waals surface area (Å²) in [5.41, 5.74) is 1.10. The fourth-order valence-corrected chi connectivity index (χ4v) is 1.84. The first kappa shape index (κ1) is 15.7. The first-order chi connectivity index (χ1) is 9.08. The SMILES string of the molecule is C=C[C@H](C)[C@H](O)[C@@H](C)COCc1ccc(OC)cc1. The quantitative estimate of drug-likeness (QED) is 0.733. The van der Waals surface area contributed by atoms with Crippen LogP contribution in [0.3, 0.4) is 0 Å². The molecule has 0 amide bonds. The molecule has 0 saturated carbocycles. The van der Waals surface area contributed by atoms with Crippen molar-refractivity contribution in [2.45, 2.75) is 26.6 Å². The van der Waals surface area contributed by atoms with E-state index in [-0.39, 0.29) is 11.8 Å². The molecule has 1 aromatic rings. The number of aliphatic hydroxyl groups excluding tert-OH is 1. The molecule has 3 atom stereocenters. The Kier molecular flexibility index (Phi) is 6.60. The zero-order valence-corrected chi connectivity index (χ0v) is 12.0. The molecule has 0 spiro atoms. The van der Waals surface area contributed by atoms with Gasteiger partial charge in [-0.2, -0.15) is 0 Å². The van der Waals surface area contributed by atoms with Crippen molar-refractivity contribution in [3.05, 3.63) is 42.5 Å². The molecule has 0 saturated heterocycles. The van der Waals surface area contributed by atoms with Gasteiger partial charge >= 0.3 is 0 Å². The van der Waals surface area contributed by atoms with Crippen molar-refractivity contribution < 1.29 is 14.6 Å². The number of rotatable bonds is 8. The minimum absolute atomic E-state index is 0.0830. The molecule has 0 bridgehead atoms. The minimum atomic E-state index is -0.409. The molecule has 0 aliphatic carbocycles. The third-order valence-corrected chi connectivity index (χ3v) is 3.30. The topological polar surface area (TPSA) is 38.7 Å². The predicted molar refractivity (Wildman–Crippen MR) is 77.2 cm³/mol. The maximum Gasteiger partial charge on any atom is 0.118 e. The van der Waals surface area contributed by atoms with E-state index in [9.17, 15) is 5.11 Å². The van der Waals surface area contributed by atoms with Crippen LogP contribution in [0, 0.1) is 11.8 Å². The third kappa shape index (κ3) is 5.05. The Labute approximate surface area is 115 Å². The normalized spacial score (nSPS) is 15.6. The lowest BCUT2D eigenvalue weighted by atomic mass is 9.94. The van der Waals surface area contributed by atoms with E-state index in [2.05, 4.69) is 6.58 Å². The highest BCUT2D eigenvalue weighted by Crippen LogP contribution is 2.16. The number of benzene rings is 1. The number of ether oxygens (including phenoxy) is 2. The van der Waals surface area contributed by atoms with Gasteiger partial charge in [0.2, 0.25) is 0 Å². The van der Waals surface area contributed by atoms with E-state index in [4.69, 9.17) is 9.47 Å². The fraction of sp³-hybridized carbons (Fsp3) is 0.500. The van der Waals surface area contributed by atoms with E-state index in [1.54, 1.807) is 13.2 Å². The number of hydrogen-bond acceptors (Lipinski definition) is 3. The highest BCUT2D eigenvalue weighted by atomic mass is 16.5. The van der Waals surface area contributed by atoms with Gasteiger partial charge in [-0.1, -0.05) is 32.1 Å². The molecule has 1 N–H and O–H groups in total. The Morgan fingerprint density at radius 1 is 1.26 bits per heavy atom. The van der Waals surface area contributed by atoms with Crippen LogP contribution in [0.2, 0.25) is 0 Å². The monoisotopic (exact) mass is 264 g/mol. The highest BCUT2D eigenvalue weighted by molar-refractivity contribution is 5.26. The molecule has 106 valence electrons. The Morgan fingerprint density at radius 2 is 1.89 bits per heavy atom. The molecule has 3 nitrogen and oxygen atoms in total. The molecular weight excluding hydrogens is 240 g/mol. The Balaban J connectivity index is 2.34. The first-order valence-corrected chi connectivity index (χ1v) is 6.59. The molecule has 0 fully saturated rings. The van der Waals surface area contributed by atoms with Gasteiger partial charge in [-0.15, -0.1) is 6.58 Å². The fourth-order valence-electron chi connectivity index (χ4n) is 1.84. The summed E-state index contributed by atoms with van der Waals surface area (Å²) in [6, 6.07) is 7.78. The van der Waals surface area contributed by atoms with Gasteiger partial charge in [0.25, 0.3) is 0 Å². The van der Waals surface area contributed by atoms with Crippen molar-refractivity contribution in [1.82, 2.24) is 0 Å². The van der Waals surface area contributed by atoms with Crippen LogP contribution in [0.15, 0.2) is 36.9 Å². The van der Waals surface area contributed by atoms with Gasteiger partial charge < -0.3 is 14.6 Å². The molecule has 1 rings (SSSR count). The van der Waals surface area contributed by atoms with Gasteiger partial charge in [-0.25, -0.2) is 0 Å². The van der Waals surface area contributed by atoms with E-state index in [0.29, 0.717) is 13.2 Å². The molecule has 0 unspecified atom stereocenters. The summed E-state index contributed by atoms with van der Waals surface area (Å²) >= 11 is 0. The number of hydrogen-bond donors (Lipinski definition) is 1. The molecular formula is C16H24O3. The Morgan fingerprint density at radius 3 is 2.42 bits per heavy atom. The molecule has 0 heterocycles. The van der Waals surface area contributed by atoms with Crippen LogP contribution in [0.1, 0.15) is 19.4 Å². The van der Waals surface area contributed by atoms with E-state index in [1.807, 2.05) is 38.1 Å².